The van der Waals surface area contributed by atoms with Crippen LogP contribution in [-0.4, -0.2) is 37.6 Å². The Balaban J connectivity index is 1.45. The van der Waals surface area contributed by atoms with Gasteiger partial charge in [0.1, 0.15) is 5.75 Å². The SMILES string of the molecule is CNC(=O)[C@H]1CCC[C@@]12CCN(Cc1ccc3c(c1)CCO3)C2. The summed E-state index contributed by atoms with van der Waals surface area (Å²) in [5.74, 6) is 1.52. The summed E-state index contributed by atoms with van der Waals surface area (Å²) in [6.45, 7) is 3.99. The number of likely N-dealkylation sites (tertiary alicyclic amines) is 1. The molecule has 0 aromatic heterocycles. The lowest BCUT2D eigenvalue weighted by atomic mass is 9.76. The molecule has 3 aliphatic rings. The minimum Gasteiger partial charge on any atom is -0.493 e. The van der Waals surface area contributed by atoms with Gasteiger partial charge in [-0.1, -0.05) is 18.6 Å². The summed E-state index contributed by atoms with van der Waals surface area (Å²) in [4.78, 5) is 14.8. The maximum absolute atomic E-state index is 12.2. The average Bonchev–Trinajstić information content (AvgIpc) is 3.27. The molecule has 2 aliphatic heterocycles. The molecule has 1 N–H and O–H groups in total. The van der Waals surface area contributed by atoms with Gasteiger partial charge < -0.3 is 10.1 Å². The van der Waals surface area contributed by atoms with Crippen molar-refractivity contribution in [1.82, 2.24) is 10.2 Å². The van der Waals surface area contributed by atoms with Crippen LogP contribution in [-0.2, 0) is 17.8 Å². The number of carbonyl (C=O) groups is 1. The quantitative estimate of drug-likeness (QED) is 0.931. The minimum atomic E-state index is 0.214. The van der Waals surface area contributed by atoms with Crippen molar-refractivity contribution in [2.75, 3.05) is 26.7 Å². The number of fused-ring (bicyclic) bond motifs is 1. The summed E-state index contributed by atoms with van der Waals surface area (Å²) in [7, 11) is 1.77. The summed E-state index contributed by atoms with van der Waals surface area (Å²) in [6.07, 6.45) is 5.66. The third-order valence-electron chi connectivity index (χ3n) is 6.09. The molecule has 0 unspecified atom stereocenters. The van der Waals surface area contributed by atoms with Crippen LogP contribution < -0.4 is 10.1 Å². The summed E-state index contributed by atoms with van der Waals surface area (Å²) < 4.78 is 5.59. The molecule has 1 saturated heterocycles. The molecule has 1 aromatic rings. The van der Waals surface area contributed by atoms with Crippen molar-refractivity contribution in [3.05, 3.63) is 29.3 Å². The fraction of sp³-hybridized carbons (Fsp3) is 0.632. The molecular formula is C19H26N2O2. The number of ether oxygens (including phenoxy) is 1. The first-order valence-corrected chi connectivity index (χ1v) is 8.89. The van der Waals surface area contributed by atoms with Crippen LogP contribution in [0.4, 0.5) is 0 Å². The highest BCUT2D eigenvalue weighted by Gasteiger charge is 2.49. The molecule has 1 aliphatic carbocycles. The van der Waals surface area contributed by atoms with Crippen molar-refractivity contribution in [3.8, 4) is 5.75 Å². The Labute approximate surface area is 138 Å². The topological polar surface area (TPSA) is 41.6 Å². The highest BCUT2D eigenvalue weighted by Crippen LogP contribution is 2.50. The van der Waals surface area contributed by atoms with E-state index in [-0.39, 0.29) is 17.2 Å². The van der Waals surface area contributed by atoms with Crippen molar-refractivity contribution < 1.29 is 9.53 Å². The van der Waals surface area contributed by atoms with Crippen LogP contribution in [0.2, 0.25) is 0 Å². The summed E-state index contributed by atoms with van der Waals surface area (Å²) in [5, 5.41) is 2.88. The third-order valence-corrected chi connectivity index (χ3v) is 6.09. The number of benzene rings is 1. The zero-order chi connectivity index (χ0) is 15.9. The molecule has 4 heteroatoms. The maximum Gasteiger partial charge on any atom is 0.223 e. The maximum atomic E-state index is 12.2. The molecule has 124 valence electrons. The Hall–Kier alpha value is -1.55. The van der Waals surface area contributed by atoms with Gasteiger partial charge in [0.05, 0.1) is 6.61 Å². The number of hydrogen-bond donors (Lipinski definition) is 1. The van der Waals surface area contributed by atoms with E-state index >= 15 is 0 Å². The highest BCUT2D eigenvalue weighted by atomic mass is 16.5. The van der Waals surface area contributed by atoms with E-state index in [1.165, 1.54) is 30.4 Å². The van der Waals surface area contributed by atoms with E-state index < -0.39 is 0 Å². The lowest BCUT2D eigenvalue weighted by Crippen LogP contribution is -2.39. The van der Waals surface area contributed by atoms with Gasteiger partial charge >= 0.3 is 0 Å². The van der Waals surface area contributed by atoms with Crippen LogP contribution in [0.3, 0.4) is 0 Å². The van der Waals surface area contributed by atoms with E-state index in [4.69, 9.17) is 4.74 Å². The normalized spacial score (nSPS) is 29.7. The largest absolute Gasteiger partial charge is 0.493 e. The van der Waals surface area contributed by atoms with Crippen molar-refractivity contribution in [1.29, 1.82) is 0 Å². The van der Waals surface area contributed by atoms with E-state index in [1.54, 1.807) is 7.05 Å². The van der Waals surface area contributed by atoms with Crippen LogP contribution in [0.15, 0.2) is 18.2 Å². The van der Waals surface area contributed by atoms with Gasteiger partial charge in [-0.05, 0) is 48.4 Å². The predicted octanol–water partition coefficient (Wildman–Crippen LogP) is 2.36. The van der Waals surface area contributed by atoms with Gasteiger partial charge in [0, 0.05) is 32.5 Å². The average molecular weight is 314 g/mol. The Morgan fingerprint density at radius 2 is 2.35 bits per heavy atom. The first-order chi connectivity index (χ1) is 11.2. The van der Waals surface area contributed by atoms with Crippen LogP contribution in [0.5, 0.6) is 5.75 Å². The van der Waals surface area contributed by atoms with Crippen molar-refractivity contribution >= 4 is 5.91 Å². The first kappa shape index (κ1) is 15.0. The fourth-order valence-corrected chi connectivity index (χ4v) is 4.93. The summed E-state index contributed by atoms with van der Waals surface area (Å²) in [5.41, 5.74) is 2.95. The van der Waals surface area contributed by atoms with Crippen LogP contribution in [0.1, 0.15) is 36.8 Å². The van der Waals surface area contributed by atoms with Gasteiger partial charge in [-0.2, -0.15) is 0 Å². The lowest BCUT2D eigenvalue weighted by Gasteiger charge is -2.30. The Kier molecular flexibility index (Phi) is 3.80. The zero-order valence-electron chi connectivity index (χ0n) is 13.9. The van der Waals surface area contributed by atoms with Crippen LogP contribution in [0, 0.1) is 11.3 Å². The third kappa shape index (κ3) is 2.63. The van der Waals surface area contributed by atoms with Crippen molar-refractivity contribution in [2.24, 2.45) is 11.3 Å². The zero-order valence-corrected chi connectivity index (χ0v) is 13.9. The highest BCUT2D eigenvalue weighted by molar-refractivity contribution is 5.79. The number of nitrogens with one attached hydrogen (secondary N) is 1. The van der Waals surface area contributed by atoms with E-state index in [0.717, 1.165) is 44.8 Å². The van der Waals surface area contributed by atoms with E-state index in [1.807, 2.05) is 0 Å². The Morgan fingerprint density at radius 3 is 3.22 bits per heavy atom. The minimum absolute atomic E-state index is 0.214. The van der Waals surface area contributed by atoms with Gasteiger partial charge in [-0.25, -0.2) is 0 Å². The van der Waals surface area contributed by atoms with Crippen LogP contribution >= 0.6 is 0 Å². The molecule has 1 aromatic carbocycles. The number of carbonyl (C=O) groups excluding carboxylic acids is 1. The van der Waals surface area contributed by atoms with Crippen molar-refractivity contribution in [2.45, 2.75) is 38.6 Å². The molecular weight excluding hydrogens is 288 g/mol. The van der Waals surface area contributed by atoms with Crippen molar-refractivity contribution in [3.63, 3.8) is 0 Å². The van der Waals surface area contributed by atoms with Gasteiger partial charge in [0.15, 0.2) is 0 Å². The molecule has 1 amide bonds. The molecule has 0 bridgehead atoms. The molecule has 1 spiro atoms. The number of rotatable bonds is 3. The molecule has 23 heavy (non-hydrogen) atoms. The Bertz CT molecular complexity index is 615. The van der Waals surface area contributed by atoms with Gasteiger partial charge in [-0.3, -0.25) is 9.69 Å². The predicted molar refractivity (Wildman–Crippen MR) is 89.4 cm³/mol. The molecule has 2 heterocycles. The fourth-order valence-electron chi connectivity index (χ4n) is 4.93. The molecule has 2 atom stereocenters. The molecule has 0 radical (unpaired) electrons. The monoisotopic (exact) mass is 314 g/mol. The van der Waals surface area contributed by atoms with Gasteiger partial charge in [0.2, 0.25) is 5.91 Å². The van der Waals surface area contributed by atoms with E-state index in [0.29, 0.717) is 0 Å². The molecule has 4 nitrogen and oxygen atoms in total. The number of amides is 1. The second kappa shape index (κ2) is 5.82. The molecule has 4 rings (SSSR count). The summed E-state index contributed by atoms with van der Waals surface area (Å²) >= 11 is 0. The van der Waals surface area contributed by atoms with E-state index in [2.05, 4.69) is 28.4 Å². The number of nitrogens with zero attached hydrogens (tertiary/aromatic N) is 1. The second-order valence-electron chi connectivity index (χ2n) is 7.42. The Morgan fingerprint density at radius 1 is 1.43 bits per heavy atom. The summed E-state index contributed by atoms with van der Waals surface area (Å²) in [6, 6.07) is 6.62. The molecule has 1 saturated carbocycles. The standard InChI is InChI=1S/C19H26N2O2/c1-20-18(22)16-3-2-7-19(16)8-9-21(13-19)12-14-4-5-17-15(11-14)6-10-23-17/h4-5,11,16H,2-3,6-10,12-13H2,1H3,(H,20,22)/t16-,19+/m1/s1. The lowest BCUT2D eigenvalue weighted by molar-refractivity contribution is -0.127. The van der Waals surface area contributed by atoms with Crippen LogP contribution in [0.25, 0.3) is 0 Å². The smallest absolute Gasteiger partial charge is 0.223 e. The van der Waals surface area contributed by atoms with Gasteiger partial charge in [0.25, 0.3) is 0 Å². The number of hydrogen-bond acceptors (Lipinski definition) is 3. The second-order valence-corrected chi connectivity index (χ2v) is 7.42. The molecule has 2 fully saturated rings. The van der Waals surface area contributed by atoms with E-state index in [9.17, 15) is 4.79 Å². The van der Waals surface area contributed by atoms with Gasteiger partial charge in [-0.15, -0.1) is 0 Å². The first-order valence-electron chi connectivity index (χ1n) is 8.89.